The molecule has 0 fully saturated rings. The zero-order chi connectivity index (χ0) is 8.55. The van der Waals surface area contributed by atoms with Gasteiger partial charge in [0.2, 0.25) is 0 Å². The van der Waals surface area contributed by atoms with E-state index < -0.39 is 0 Å². The maximum atomic E-state index is 5.52. The molecule has 0 saturated carbocycles. The molecule has 1 heterocycles. The third-order valence-corrected chi connectivity index (χ3v) is 4.31. The van der Waals surface area contributed by atoms with Crippen LogP contribution in [0.2, 0.25) is 0 Å². The molecule has 0 aromatic carbocycles. The molecule has 66 valence electrons. The Labute approximate surface area is 81.5 Å². The van der Waals surface area contributed by atoms with Crippen molar-refractivity contribution in [3.63, 3.8) is 0 Å². The Hall–Kier alpha value is 0.01000. The highest BCUT2D eigenvalue weighted by Gasteiger charge is 2.17. The first kappa shape index (κ1) is 8.60. The Morgan fingerprint density at radius 2 is 2.50 bits per heavy atom. The predicted octanol–water partition coefficient (Wildman–Crippen LogP) is 2.84. The average molecular weight is 199 g/mol. The van der Waals surface area contributed by atoms with Crippen LogP contribution in [-0.4, -0.2) is 0 Å². The zero-order valence-corrected chi connectivity index (χ0v) is 8.80. The van der Waals surface area contributed by atoms with Crippen LogP contribution in [-0.2, 0) is 12.8 Å². The third-order valence-electron chi connectivity index (χ3n) is 2.43. The monoisotopic (exact) mass is 199 g/mol. The molecule has 2 rings (SSSR count). The van der Waals surface area contributed by atoms with Gasteiger partial charge in [-0.25, -0.2) is 0 Å². The van der Waals surface area contributed by atoms with Crippen LogP contribution < -0.4 is 5.14 Å². The van der Waals surface area contributed by atoms with Gasteiger partial charge in [0.15, 0.2) is 0 Å². The lowest BCUT2D eigenvalue weighted by Gasteiger charge is -2.16. The van der Waals surface area contributed by atoms with Crippen LogP contribution in [0.15, 0.2) is 10.3 Å². The molecule has 0 amide bonds. The molecule has 0 spiro atoms. The molecule has 0 saturated heterocycles. The van der Waals surface area contributed by atoms with E-state index >= 15 is 0 Å². The first-order valence-corrected chi connectivity index (χ1v) is 5.97. The molecule has 1 atom stereocenters. The summed E-state index contributed by atoms with van der Waals surface area (Å²) in [6, 6.07) is 2.26. The van der Waals surface area contributed by atoms with Crippen LogP contribution in [0.25, 0.3) is 0 Å². The normalized spacial score (nSPS) is 22.3. The molecular formula is C9H13NS2. The van der Waals surface area contributed by atoms with Crippen LogP contribution in [0, 0.1) is 5.92 Å². The molecule has 1 aliphatic carbocycles. The smallest absolute Gasteiger partial charge is 0.0754 e. The van der Waals surface area contributed by atoms with E-state index in [1.165, 1.54) is 35.4 Å². The molecule has 1 aromatic rings. The molecular weight excluding hydrogens is 186 g/mol. The van der Waals surface area contributed by atoms with Crippen molar-refractivity contribution in [2.24, 2.45) is 11.1 Å². The van der Waals surface area contributed by atoms with E-state index in [1.807, 2.05) is 11.3 Å². The Morgan fingerprint density at radius 3 is 3.25 bits per heavy atom. The maximum Gasteiger partial charge on any atom is 0.0754 e. The van der Waals surface area contributed by atoms with Gasteiger partial charge in [-0.1, -0.05) is 6.92 Å². The van der Waals surface area contributed by atoms with Gasteiger partial charge >= 0.3 is 0 Å². The lowest BCUT2D eigenvalue weighted by atomic mass is 9.91. The second kappa shape index (κ2) is 3.40. The summed E-state index contributed by atoms with van der Waals surface area (Å²) < 4.78 is 1.27. The summed E-state index contributed by atoms with van der Waals surface area (Å²) in [5.41, 5.74) is 1.55. The summed E-state index contributed by atoms with van der Waals surface area (Å²) in [5.74, 6) is 0.867. The van der Waals surface area contributed by atoms with Gasteiger partial charge in [-0.05, 0) is 48.8 Å². The first-order valence-electron chi connectivity index (χ1n) is 4.28. The fourth-order valence-electron chi connectivity index (χ4n) is 1.70. The van der Waals surface area contributed by atoms with E-state index in [1.54, 1.807) is 10.4 Å². The lowest BCUT2D eigenvalue weighted by molar-refractivity contribution is 0.507. The fraction of sp³-hybridized carbons (Fsp3) is 0.556. The second-order valence-electron chi connectivity index (χ2n) is 3.48. The fourth-order valence-corrected chi connectivity index (χ4v) is 3.51. The summed E-state index contributed by atoms with van der Waals surface area (Å²) in [7, 11) is 0. The predicted molar refractivity (Wildman–Crippen MR) is 55.6 cm³/mol. The minimum absolute atomic E-state index is 0.867. The van der Waals surface area contributed by atoms with Crippen LogP contribution in [0.5, 0.6) is 0 Å². The maximum absolute atomic E-state index is 5.52. The molecule has 2 N–H and O–H groups in total. The Bertz CT molecular complexity index is 280. The molecule has 1 aromatic heterocycles. The Morgan fingerprint density at radius 1 is 1.67 bits per heavy atom. The average Bonchev–Trinajstić information content (AvgIpc) is 2.46. The summed E-state index contributed by atoms with van der Waals surface area (Å²) in [4.78, 5) is 1.57. The van der Waals surface area contributed by atoms with Crippen molar-refractivity contribution >= 4 is 23.3 Å². The van der Waals surface area contributed by atoms with Crippen LogP contribution >= 0.6 is 23.3 Å². The highest BCUT2D eigenvalue weighted by Crippen LogP contribution is 2.35. The summed E-state index contributed by atoms with van der Waals surface area (Å²) in [5, 5.41) is 5.52. The lowest BCUT2D eigenvalue weighted by Crippen LogP contribution is -2.07. The molecule has 0 bridgehead atoms. The first-order chi connectivity index (χ1) is 5.79. The number of aryl methyl sites for hydroxylation is 1. The number of hydrogen-bond donors (Lipinski definition) is 1. The van der Waals surface area contributed by atoms with Crippen LogP contribution in [0.4, 0.5) is 0 Å². The van der Waals surface area contributed by atoms with Gasteiger partial charge in [-0.15, -0.1) is 11.3 Å². The summed E-state index contributed by atoms with van der Waals surface area (Å²) in [6.45, 7) is 2.33. The number of rotatable bonds is 1. The molecule has 12 heavy (non-hydrogen) atoms. The number of nitrogens with two attached hydrogens (primary N) is 1. The quantitative estimate of drug-likeness (QED) is 0.704. The van der Waals surface area contributed by atoms with Crippen molar-refractivity contribution in [2.75, 3.05) is 0 Å². The van der Waals surface area contributed by atoms with E-state index in [9.17, 15) is 0 Å². The van der Waals surface area contributed by atoms with Gasteiger partial charge in [0.25, 0.3) is 0 Å². The summed E-state index contributed by atoms with van der Waals surface area (Å²) >= 11 is 3.26. The molecule has 3 heteroatoms. The highest BCUT2D eigenvalue weighted by atomic mass is 32.2. The van der Waals surface area contributed by atoms with E-state index in [0.717, 1.165) is 5.92 Å². The topological polar surface area (TPSA) is 26.0 Å². The molecule has 1 aliphatic rings. The molecule has 1 nitrogen and oxygen atoms in total. The van der Waals surface area contributed by atoms with Gasteiger partial charge in [0.1, 0.15) is 0 Å². The zero-order valence-electron chi connectivity index (χ0n) is 7.17. The third kappa shape index (κ3) is 1.53. The number of fused-ring (bicyclic) bond motifs is 1. The molecule has 0 radical (unpaired) electrons. The van der Waals surface area contributed by atoms with E-state index in [0.29, 0.717) is 0 Å². The summed E-state index contributed by atoms with van der Waals surface area (Å²) in [6.07, 6.45) is 3.87. The largest absolute Gasteiger partial charge is 0.273 e. The van der Waals surface area contributed by atoms with E-state index in [4.69, 9.17) is 5.14 Å². The van der Waals surface area contributed by atoms with Gasteiger partial charge < -0.3 is 0 Å². The SMILES string of the molecule is CC1CCc2cc(SN)sc2C1. The van der Waals surface area contributed by atoms with E-state index in [2.05, 4.69) is 13.0 Å². The van der Waals surface area contributed by atoms with Crippen LogP contribution in [0.3, 0.4) is 0 Å². The van der Waals surface area contributed by atoms with Crippen molar-refractivity contribution in [1.82, 2.24) is 0 Å². The van der Waals surface area contributed by atoms with E-state index in [-0.39, 0.29) is 0 Å². The van der Waals surface area contributed by atoms with Crippen molar-refractivity contribution in [3.8, 4) is 0 Å². The minimum Gasteiger partial charge on any atom is -0.273 e. The van der Waals surface area contributed by atoms with Gasteiger partial charge in [0.05, 0.1) is 4.21 Å². The second-order valence-corrected chi connectivity index (χ2v) is 5.55. The Balaban J connectivity index is 2.28. The number of hydrogen-bond acceptors (Lipinski definition) is 3. The van der Waals surface area contributed by atoms with Crippen molar-refractivity contribution in [3.05, 3.63) is 16.5 Å². The van der Waals surface area contributed by atoms with Crippen LogP contribution in [0.1, 0.15) is 23.8 Å². The molecule has 1 unspecified atom stereocenters. The van der Waals surface area contributed by atoms with Crippen molar-refractivity contribution < 1.29 is 0 Å². The molecule has 0 aliphatic heterocycles. The van der Waals surface area contributed by atoms with Crippen molar-refractivity contribution in [1.29, 1.82) is 0 Å². The highest BCUT2D eigenvalue weighted by molar-refractivity contribution is 7.99. The standard InChI is InChI=1S/C9H13NS2/c1-6-2-3-7-5-9(12-10)11-8(7)4-6/h5-6H,2-4,10H2,1H3. The van der Waals surface area contributed by atoms with Gasteiger partial charge in [-0.3, -0.25) is 5.14 Å². The van der Waals surface area contributed by atoms with Gasteiger partial charge in [-0.2, -0.15) is 0 Å². The van der Waals surface area contributed by atoms with Gasteiger partial charge in [0, 0.05) is 4.88 Å². The number of thiophene rings is 1. The van der Waals surface area contributed by atoms with Crippen molar-refractivity contribution in [2.45, 2.75) is 30.4 Å². The Kier molecular flexibility index (Phi) is 2.44. The minimum atomic E-state index is 0.867.